The van der Waals surface area contributed by atoms with Crippen LogP contribution in [0.25, 0.3) is 6.08 Å². The van der Waals surface area contributed by atoms with Crippen LogP contribution in [-0.2, 0) is 16.1 Å². The molecular weight excluding hydrogens is 204 g/mol. The van der Waals surface area contributed by atoms with Crippen LogP contribution in [0.5, 0.6) is 0 Å². The normalized spacial score (nSPS) is 12.4. The third kappa shape index (κ3) is 4.57. The Morgan fingerprint density at radius 3 is 2.56 bits per heavy atom. The van der Waals surface area contributed by atoms with Gasteiger partial charge in [-0.25, -0.2) is 0 Å². The molecule has 16 heavy (non-hydrogen) atoms. The fraction of sp³-hybridized carbons (Fsp3) is 0.385. The minimum Gasteiger partial charge on any atom is -0.388 e. The van der Waals surface area contributed by atoms with Crippen molar-refractivity contribution in [3.05, 3.63) is 42.0 Å². The SMILES string of the molecule is C=Cc1ccc(COCC(O)COC)cc1. The Labute approximate surface area is 96.3 Å². The van der Waals surface area contributed by atoms with Crippen LogP contribution in [0.3, 0.4) is 0 Å². The predicted octanol–water partition coefficient (Wildman–Crippen LogP) is 1.85. The van der Waals surface area contributed by atoms with Crippen LogP contribution in [0.1, 0.15) is 11.1 Å². The third-order valence-corrected chi connectivity index (χ3v) is 2.15. The van der Waals surface area contributed by atoms with Gasteiger partial charge in [-0.05, 0) is 11.1 Å². The highest BCUT2D eigenvalue weighted by Crippen LogP contribution is 2.06. The third-order valence-electron chi connectivity index (χ3n) is 2.15. The van der Waals surface area contributed by atoms with Gasteiger partial charge in [0.25, 0.3) is 0 Å². The average Bonchev–Trinajstić information content (AvgIpc) is 2.30. The second-order valence-corrected chi connectivity index (χ2v) is 3.57. The van der Waals surface area contributed by atoms with Gasteiger partial charge in [0.05, 0.1) is 19.8 Å². The molecule has 0 bridgehead atoms. The van der Waals surface area contributed by atoms with Gasteiger partial charge in [0.2, 0.25) is 0 Å². The van der Waals surface area contributed by atoms with Gasteiger partial charge in [-0.1, -0.05) is 36.9 Å². The summed E-state index contributed by atoms with van der Waals surface area (Å²) in [7, 11) is 1.55. The highest BCUT2D eigenvalue weighted by Gasteiger charge is 2.02. The average molecular weight is 222 g/mol. The van der Waals surface area contributed by atoms with Gasteiger partial charge in [0.1, 0.15) is 6.10 Å². The topological polar surface area (TPSA) is 38.7 Å². The van der Waals surface area contributed by atoms with Crippen LogP contribution >= 0.6 is 0 Å². The van der Waals surface area contributed by atoms with Crippen molar-refractivity contribution in [2.24, 2.45) is 0 Å². The lowest BCUT2D eigenvalue weighted by atomic mass is 10.1. The van der Waals surface area contributed by atoms with Crippen molar-refractivity contribution in [1.82, 2.24) is 0 Å². The molecule has 1 N–H and O–H groups in total. The molecule has 0 aromatic heterocycles. The van der Waals surface area contributed by atoms with Crippen molar-refractivity contribution in [3.63, 3.8) is 0 Å². The first-order valence-electron chi connectivity index (χ1n) is 5.22. The Morgan fingerprint density at radius 1 is 1.31 bits per heavy atom. The van der Waals surface area contributed by atoms with Crippen molar-refractivity contribution in [2.45, 2.75) is 12.7 Å². The molecule has 1 atom stereocenters. The predicted molar refractivity (Wildman–Crippen MR) is 64.1 cm³/mol. The van der Waals surface area contributed by atoms with Crippen molar-refractivity contribution in [1.29, 1.82) is 0 Å². The lowest BCUT2D eigenvalue weighted by molar-refractivity contribution is -0.0114. The molecule has 0 saturated carbocycles. The number of ether oxygens (including phenoxy) is 2. The molecule has 0 radical (unpaired) electrons. The Morgan fingerprint density at radius 2 is 2.00 bits per heavy atom. The zero-order valence-electron chi connectivity index (χ0n) is 9.56. The monoisotopic (exact) mass is 222 g/mol. The highest BCUT2D eigenvalue weighted by atomic mass is 16.5. The van der Waals surface area contributed by atoms with E-state index in [0.717, 1.165) is 11.1 Å². The summed E-state index contributed by atoms with van der Waals surface area (Å²) in [6.07, 6.45) is 1.24. The molecule has 0 fully saturated rings. The first-order valence-corrected chi connectivity index (χ1v) is 5.22. The maximum Gasteiger partial charge on any atom is 0.101 e. The summed E-state index contributed by atoms with van der Waals surface area (Å²) in [6.45, 7) is 4.78. The van der Waals surface area contributed by atoms with Crippen LogP contribution in [0.2, 0.25) is 0 Å². The van der Waals surface area contributed by atoms with Crippen molar-refractivity contribution in [2.75, 3.05) is 20.3 Å². The van der Waals surface area contributed by atoms with Crippen LogP contribution in [0.4, 0.5) is 0 Å². The summed E-state index contributed by atoms with van der Waals surface area (Å²) in [5, 5.41) is 9.35. The van der Waals surface area contributed by atoms with Crippen LogP contribution in [0.15, 0.2) is 30.8 Å². The van der Waals surface area contributed by atoms with E-state index in [4.69, 9.17) is 9.47 Å². The number of hydrogen-bond donors (Lipinski definition) is 1. The molecule has 1 rings (SSSR count). The minimum absolute atomic E-state index is 0.289. The maximum absolute atomic E-state index is 9.35. The fourth-order valence-electron chi connectivity index (χ4n) is 1.30. The second kappa shape index (κ2) is 7.17. The molecule has 0 heterocycles. The van der Waals surface area contributed by atoms with E-state index in [1.54, 1.807) is 13.2 Å². The van der Waals surface area contributed by atoms with Crippen LogP contribution in [-0.4, -0.2) is 31.5 Å². The Kier molecular flexibility index (Phi) is 5.78. The van der Waals surface area contributed by atoms with E-state index in [9.17, 15) is 5.11 Å². The van der Waals surface area contributed by atoms with E-state index in [2.05, 4.69) is 6.58 Å². The van der Waals surface area contributed by atoms with E-state index in [-0.39, 0.29) is 6.61 Å². The quantitative estimate of drug-likeness (QED) is 0.765. The summed E-state index contributed by atoms with van der Waals surface area (Å²) in [6, 6.07) is 7.94. The van der Waals surface area contributed by atoms with E-state index in [1.807, 2.05) is 24.3 Å². The number of aliphatic hydroxyl groups excluding tert-OH is 1. The first-order chi connectivity index (χ1) is 7.76. The number of hydrogen-bond acceptors (Lipinski definition) is 3. The van der Waals surface area contributed by atoms with Gasteiger partial charge in [-0.15, -0.1) is 0 Å². The number of aliphatic hydroxyl groups is 1. The Hall–Kier alpha value is -1.16. The molecule has 3 nitrogen and oxygen atoms in total. The molecule has 3 heteroatoms. The van der Waals surface area contributed by atoms with Crippen molar-refractivity contribution >= 4 is 6.08 Å². The fourth-order valence-corrected chi connectivity index (χ4v) is 1.30. The van der Waals surface area contributed by atoms with Gasteiger partial charge in [-0.3, -0.25) is 0 Å². The second-order valence-electron chi connectivity index (χ2n) is 3.57. The maximum atomic E-state index is 9.35. The number of methoxy groups -OCH3 is 1. The minimum atomic E-state index is -0.558. The first kappa shape index (κ1) is 12.9. The lowest BCUT2D eigenvalue weighted by Gasteiger charge is -2.10. The number of rotatable bonds is 7. The largest absolute Gasteiger partial charge is 0.388 e. The Balaban J connectivity index is 2.28. The molecular formula is C13H18O3. The highest BCUT2D eigenvalue weighted by molar-refractivity contribution is 5.47. The van der Waals surface area contributed by atoms with Crippen molar-refractivity contribution < 1.29 is 14.6 Å². The summed E-state index contributed by atoms with van der Waals surface area (Å²) in [5.41, 5.74) is 2.17. The smallest absolute Gasteiger partial charge is 0.101 e. The molecule has 0 saturated heterocycles. The van der Waals surface area contributed by atoms with E-state index >= 15 is 0 Å². The molecule has 0 aliphatic rings. The van der Waals surface area contributed by atoms with Gasteiger partial charge in [-0.2, -0.15) is 0 Å². The van der Waals surface area contributed by atoms with E-state index in [0.29, 0.717) is 13.2 Å². The molecule has 0 amide bonds. The molecule has 1 unspecified atom stereocenters. The molecule has 0 aliphatic carbocycles. The summed E-state index contributed by atoms with van der Waals surface area (Å²) in [5.74, 6) is 0. The van der Waals surface area contributed by atoms with E-state index < -0.39 is 6.10 Å². The molecule has 0 aliphatic heterocycles. The van der Waals surface area contributed by atoms with Crippen LogP contribution in [0, 0.1) is 0 Å². The molecule has 1 aromatic rings. The standard InChI is InChI=1S/C13H18O3/c1-3-11-4-6-12(7-5-11)8-16-10-13(14)9-15-2/h3-7,13-14H,1,8-10H2,2H3. The summed E-state index contributed by atoms with van der Waals surface area (Å²) >= 11 is 0. The summed E-state index contributed by atoms with van der Waals surface area (Å²) < 4.78 is 10.1. The zero-order chi connectivity index (χ0) is 11.8. The summed E-state index contributed by atoms with van der Waals surface area (Å²) in [4.78, 5) is 0. The number of benzene rings is 1. The lowest BCUT2D eigenvalue weighted by Crippen LogP contribution is -2.20. The van der Waals surface area contributed by atoms with Gasteiger partial charge in [0.15, 0.2) is 0 Å². The van der Waals surface area contributed by atoms with Gasteiger partial charge >= 0.3 is 0 Å². The van der Waals surface area contributed by atoms with Crippen LogP contribution < -0.4 is 0 Å². The van der Waals surface area contributed by atoms with Gasteiger partial charge < -0.3 is 14.6 Å². The Bertz CT molecular complexity index is 305. The van der Waals surface area contributed by atoms with Crippen molar-refractivity contribution in [3.8, 4) is 0 Å². The zero-order valence-corrected chi connectivity index (χ0v) is 9.56. The molecule has 1 aromatic carbocycles. The van der Waals surface area contributed by atoms with Gasteiger partial charge in [0, 0.05) is 7.11 Å². The molecule has 88 valence electrons. The molecule has 0 spiro atoms. The van der Waals surface area contributed by atoms with E-state index in [1.165, 1.54) is 0 Å².